The number of hydrogen-bond donors (Lipinski definition) is 1. The van der Waals surface area contributed by atoms with Gasteiger partial charge in [-0.2, -0.15) is 0 Å². The normalized spacial score (nSPS) is 14.3. The summed E-state index contributed by atoms with van der Waals surface area (Å²) in [6.07, 6.45) is 0. The van der Waals surface area contributed by atoms with E-state index < -0.39 is 0 Å². The smallest absolute Gasteiger partial charge is 0.145 e. The lowest BCUT2D eigenvalue weighted by molar-refractivity contribution is 0.107. The number of rotatable bonds is 0. The molecule has 3 rings (SSSR count). The lowest BCUT2D eigenvalue weighted by atomic mass is 10.1. The zero-order valence-electron chi connectivity index (χ0n) is 10.4. The summed E-state index contributed by atoms with van der Waals surface area (Å²) in [6.45, 7) is 1.11. The summed E-state index contributed by atoms with van der Waals surface area (Å²) >= 11 is 9.34. The van der Waals surface area contributed by atoms with Gasteiger partial charge in [-0.05, 0) is 33.6 Å². The monoisotopic (exact) mass is 356 g/mol. The number of ether oxygens (including phenoxy) is 1. The number of hydrogen-bond acceptors (Lipinski definition) is 3. The Morgan fingerprint density at radius 2 is 2.10 bits per heavy atom. The van der Waals surface area contributed by atoms with Crippen LogP contribution in [-0.4, -0.2) is 4.98 Å². The van der Waals surface area contributed by atoms with Gasteiger partial charge < -0.3 is 10.1 Å². The molecule has 104 valence electrons. The molecule has 2 aromatic rings. The van der Waals surface area contributed by atoms with Crippen molar-refractivity contribution in [2.45, 2.75) is 19.8 Å². The highest BCUT2D eigenvalue weighted by Gasteiger charge is 2.15. The topological polar surface area (TPSA) is 34.2 Å². The summed E-state index contributed by atoms with van der Waals surface area (Å²) in [4.78, 5) is 4.26. The van der Waals surface area contributed by atoms with Crippen LogP contribution in [0.3, 0.4) is 0 Å². The van der Waals surface area contributed by atoms with Crippen LogP contribution >= 0.6 is 27.5 Å². The molecular weight excluding hydrogens is 347 g/mol. The highest BCUT2D eigenvalue weighted by Crippen LogP contribution is 2.28. The van der Waals surface area contributed by atoms with E-state index in [2.05, 4.69) is 26.2 Å². The number of halogens is 3. The Hall–Kier alpha value is -1.17. The molecule has 1 N–H and O–H groups in total. The van der Waals surface area contributed by atoms with Gasteiger partial charge in [0.2, 0.25) is 0 Å². The number of aromatic nitrogens is 1. The van der Waals surface area contributed by atoms with Gasteiger partial charge in [0, 0.05) is 17.7 Å². The number of pyridine rings is 1. The van der Waals surface area contributed by atoms with Gasteiger partial charge in [-0.25, -0.2) is 9.37 Å². The Morgan fingerprint density at radius 1 is 1.30 bits per heavy atom. The van der Waals surface area contributed by atoms with E-state index in [1.54, 1.807) is 6.07 Å². The largest absolute Gasteiger partial charge is 0.372 e. The van der Waals surface area contributed by atoms with E-state index in [9.17, 15) is 4.39 Å². The third kappa shape index (κ3) is 2.66. The van der Waals surface area contributed by atoms with E-state index in [1.165, 1.54) is 6.07 Å². The molecule has 0 saturated carbocycles. The molecule has 0 bridgehead atoms. The van der Waals surface area contributed by atoms with E-state index >= 15 is 0 Å². The number of nitrogens with zero attached hydrogens (tertiary/aromatic N) is 1. The minimum Gasteiger partial charge on any atom is -0.372 e. The zero-order chi connectivity index (χ0) is 14.1. The second-order valence-electron chi connectivity index (χ2n) is 4.49. The minimum absolute atomic E-state index is 0.245. The molecule has 20 heavy (non-hydrogen) atoms. The molecule has 0 spiro atoms. The molecule has 1 aromatic heterocycles. The Bertz CT molecular complexity index is 666. The van der Waals surface area contributed by atoms with Crippen molar-refractivity contribution >= 4 is 33.3 Å². The van der Waals surface area contributed by atoms with Gasteiger partial charge >= 0.3 is 0 Å². The molecule has 2 heterocycles. The van der Waals surface area contributed by atoms with E-state index in [4.69, 9.17) is 16.3 Å². The zero-order valence-corrected chi connectivity index (χ0v) is 12.8. The summed E-state index contributed by atoms with van der Waals surface area (Å²) in [5.41, 5.74) is 2.33. The summed E-state index contributed by atoms with van der Waals surface area (Å²) in [6, 6.07) is 6.87. The summed E-state index contributed by atoms with van der Waals surface area (Å²) in [7, 11) is 0. The lowest BCUT2D eigenvalue weighted by Gasteiger charge is -2.11. The Labute approximate surface area is 129 Å². The van der Waals surface area contributed by atoms with Crippen molar-refractivity contribution in [3.05, 3.63) is 56.4 Å². The van der Waals surface area contributed by atoms with Crippen molar-refractivity contribution in [1.82, 2.24) is 4.98 Å². The molecule has 6 heteroatoms. The molecular formula is C14H11BrClFN2O. The second kappa shape index (κ2) is 5.68. The molecule has 1 aromatic carbocycles. The van der Waals surface area contributed by atoms with E-state index in [0.717, 1.165) is 11.1 Å². The van der Waals surface area contributed by atoms with Gasteiger partial charge in [0.25, 0.3) is 0 Å². The van der Waals surface area contributed by atoms with Crippen molar-refractivity contribution < 1.29 is 9.13 Å². The molecule has 0 unspecified atom stereocenters. The van der Waals surface area contributed by atoms with Gasteiger partial charge in [-0.15, -0.1) is 0 Å². The maximum atomic E-state index is 13.9. The van der Waals surface area contributed by atoms with Crippen LogP contribution in [0.2, 0.25) is 5.15 Å². The quantitative estimate of drug-likeness (QED) is 0.715. The second-order valence-corrected chi connectivity index (χ2v) is 5.70. The molecule has 0 atom stereocenters. The predicted octanol–water partition coefficient (Wildman–Crippen LogP) is 4.28. The van der Waals surface area contributed by atoms with Crippen molar-refractivity contribution in [3.8, 4) is 0 Å². The summed E-state index contributed by atoms with van der Waals surface area (Å²) < 4.78 is 20.2. The first kappa shape index (κ1) is 13.8. The van der Waals surface area contributed by atoms with E-state index in [-0.39, 0.29) is 5.82 Å². The van der Waals surface area contributed by atoms with Crippen LogP contribution in [0.4, 0.5) is 10.2 Å². The van der Waals surface area contributed by atoms with Crippen LogP contribution < -0.4 is 5.32 Å². The van der Waals surface area contributed by atoms with Crippen molar-refractivity contribution in [3.63, 3.8) is 0 Å². The fourth-order valence-electron chi connectivity index (χ4n) is 2.15. The van der Waals surface area contributed by atoms with E-state index in [0.29, 0.717) is 40.8 Å². The third-order valence-electron chi connectivity index (χ3n) is 3.18. The number of benzene rings is 1. The molecule has 0 saturated heterocycles. The van der Waals surface area contributed by atoms with Crippen LogP contribution in [0.25, 0.3) is 0 Å². The van der Waals surface area contributed by atoms with Crippen LogP contribution in [0.5, 0.6) is 0 Å². The summed E-state index contributed by atoms with van der Waals surface area (Å²) in [5.74, 6) is 0.375. The van der Waals surface area contributed by atoms with Gasteiger partial charge in [-0.3, -0.25) is 0 Å². The third-order valence-corrected chi connectivity index (χ3v) is 4.30. The highest BCUT2D eigenvalue weighted by molar-refractivity contribution is 9.10. The van der Waals surface area contributed by atoms with Crippen LogP contribution in [0.1, 0.15) is 16.7 Å². The van der Waals surface area contributed by atoms with Crippen molar-refractivity contribution in [2.75, 3.05) is 5.32 Å². The summed E-state index contributed by atoms with van der Waals surface area (Å²) in [5, 5.41) is 3.50. The Kier molecular flexibility index (Phi) is 3.92. The molecule has 3 nitrogen and oxygen atoms in total. The van der Waals surface area contributed by atoms with Crippen LogP contribution in [0, 0.1) is 5.82 Å². The Balaban J connectivity index is 2.00. The number of anilines is 1. The predicted molar refractivity (Wildman–Crippen MR) is 79.2 cm³/mol. The molecule has 0 fully saturated rings. The average molecular weight is 358 g/mol. The SMILES string of the molecule is Fc1cccc2c1CNc1nc(Cl)c(Br)cc1COC2. The first-order chi connectivity index (χ1) is 9.65. The fourth-order valence-corrected chi connectivity index (χ4v) is 2.65. The lowest BCUT2D eigenvalue weighted by Crippen LogP contribution is -2.07. The van der Waals surface area contributed by atoms with Crippen molar-refractivity contribution in [2.24, 2.45) is 0 Å². The molecule has 0 aliphatic carbocycles. The van der Waals surface area contributed by atoms with Gasteiger partial charge in [0.15, 0.2) is 0 Å². The number of fused-ring (bicyclic) bond motifs is 2. The number of nitrogens with one attached hydrogen (secondary N) is 1. The molecule has 1 aliphatic heterocycles. The van der Waals surface area contributed by atoms with Crippen LogP contribution in [-0.2, 0) is 24.5 Å². The van der Waals surface area contributed by atoms with Crippen molar-refractivity contribution in [1.29, 1.82) is 0 Å². The van der Waals surface area contributed by atoms with Gasteiger partial charge in [0.1, 0.15) is 16.8 Å². The maximum absolute atomic E-state index is 13.9. The van der Waals surface area contributed by atoms with Gasteiger partial charge in [-0.1, -0.05) is 23.7 Å². The van der Waals surface area contributed by atoms with Crippen LogP contribution in [0.15, 0.2) is 28.7 Å². The molecule has 0 radical (unpaired) electrons. The first-order valence-electron chi connectivity index (χ1n) is 6.08. The maximum Gasteiger partial charge on any atom is 0.145 e. The average Bonchev–Trinajstić information content (AvgIpc) is 2.50. The van der Waals surface area contributed by atoms with Gasteiger partial charge in [0.05, 0.1) is 17.7 Å². The Morgan fingerprint density at radius 3 is 2.95 bits per heavy atom. The highest BCUT2D eigenvalue weighted by atomic mass is 79.9. The first-order valence-corrected chi connectivity index (χ1v) is 7.25. The fraction of sp³-hybridized carbons (Fsp3) is 0.214. The standard InChI is InChI=1S/C14H11BrClFN2O/c15-11-4-9-7-20-6-8-2-1-3-12(17)10(8)5-18-14(9)19-13(11)16/h1-4H,5-7H2,(H,18,19). The molecule has 1 aliphatic rings. The van der Waals surface area contributed by atoms with E-state index in [1.807, 2.05) is 12.1 Å². The minimum atomic E-state index is -0.245. The molecule has 0 amide bonds.